The summed E-state index contributed by atoms with van der Waals surface area (Å²) in [7, 11) is 0. The molecule has 3 rings (SSSR count). The molecule has 0 saturated carbocycles. The first kappa shape index (κ1) is 13.6. The Morgan fingerprint density at radius 3 is 2.48 bits per heavy atom. The lowest BCUT2D eigenvalue weighted by Crippen LogP contribution is -2.05. The van der Waals surface area contributed by atoms with E-state index in [2.05, 4.69) is 31.5 Å². The summed E-state index contributed by atoms with van der Waals surface area (Å²) < 4.78 is 29.4. The first-order valence-corrected chi connectivity index (χ1v) is 6.65. The lowest BCUT2D eigenvalue weighted by atomic mass is 10.2. The normalized spacial score (nSPS) is 10.8. The highest BCUT2D eigenvalue weighted by Crippen LogP contribution is 2.27. The highest BCUT2D eigenvalue weighted by Gasteiger charge is 2.18. The number of aromatic nitrogens is 4. The van der Waals surface area contributed by atoms with Gasteiger partial charge < -0.3 is 5.73 Å². The number of tetrazole rings is 1. The number of para-hydroxylation sites is 1. The molecule has 2 aromatic carbocycles. The fourth-order valence-electron chi connectivity index (χ4n) is 1.89. The summed E-state index contributed by atoms with van der Waals surface area (Å²) >= 11 is 3.28. The van der Waals surface area contributed by atoms with E-state index in [0.29, 0.717) is 15.7 Å². The van der Waals surface area contributed by atoms with E-state index in [1.807, 2.05) is 0 Å². The Hall–Kier alpha value is -2.35. The van der Waals surface area contributed by atoms with Crippen molar-refractivity contribution in [3.05, 3.63) is 52.5 Å². The first-order valence-electron chi connectivity index (χ1n) is 5.86. The third-order valence-electron chi connectivity index (χ3n) is 2.87. The van der Waals surface area contributed by atoms with Crippen LogP contribution in [0.15, 0.2) is 40.9 Å². The predicted molar refractivity (Wildman–Crippen MR) is 76.6 cm³/mol. The SMILES string of the molecule is Nc1cc(-c2nnnn2-c2c(F)cccc2F)ccc1Br. The largest absolute Gasteiger partial charge is 0.398 e. The summed E-state index contributed by atoms with van der Waals surface area (Å²) in [5.74, 6) is -1.32. The Morgan fingerprint density at radius 1 is 1.10 bits per heavy atom. The Bertz CT molecular complexity index is 798. The van der Waals surface area contributed by atoms with Crippen molar-refractivity contribution in [1.29, 1.82) is 0 Å². The number of rotatable bonds is 2. The van der Waals surface area contributed by atoms with Crippen LogP contribution in [0.3, 0.4) is 0 Å². The number of nitrogens with zero attached hydrogens (tertiary/aromatic N) is 4. The molecule has 8 heteroatoms. The molecule has 0 fully saturated rings. The molecule has 0 unspecified atom stereocenters. The minimum absolute atomic E-state index is 0.193. The van der Waals surface area contributed by atoms with Gasteiger partial charge in [0.1, 0.15) is 5.69 Å². The Morgan fingerprint density at radius 2 is 1.81 bits per heavy atom. The Balaban J connectivity index is 2.20. The van der Waals surface area contributed by atoms with E-state index in [0.717, 1.165) is 16.8 Å². The minimum atomic E-state index is -0.756. The van der Waals surface area contributed by atoms with Gasteiger partial charge in [-0.1, -0.05) is 6.07 Å². The van der Waals surface area contributed by atoms with Gasteiger partial charge in [-0.25, -0.2) is 8.78 Å². The number of nitrogen functional groups attached to an aromatic ring is 1. The molecule has 106 valence electrons. The van der Waals surface area contributed by atoms with Gasteiger partial charge in [0.05, 0.1) is 0 Å². The first-order chi connectivity index (χ1) is 10.1. The van der Waals surface area contributed by atoms with Crippen molar-refractivity contribution in [3.8, 4) is 17.1 Å². The third kappa shape index (κ3) is 2.38. The van der Waals surface area contributed by atoms with Gasteiger partial charge in [-0.3, -0.25) is 0 Å². The van der Waals surface area contributed by atoms with Crippen molar-refractivity contribution in [2.24, 2.45) is 0 Å². The summed E-state index contributed by atoms with van der Waals surface area (Å²) in [5, 5.41) is 11.0. The minimum Gasteiger partial charge on any atom is -0.398 e. The molecule has 0 aliphatic rings. The van der Waals surface area contributed by atoms with Gasteiger partial charge in [0.25, 0.3) is 0 Å². The molecule has 0 atom stereocenters. The van der Waals surface area contributed by atoms with E-state index in [4.69, 9.17) is 5.73 Å². The van der Waals surface area contributed by atoms with E-state index >= 15 is 0 Å². The van der Waals surface area contributed by atoms with Crippen LogP contribution in [0.2, 0.25) is 0 Å². The van der Waals surface area contributed by atoms with E-state index in [9.17, 15) is 8.78 Å². The highest BCUT2D eigenvalue weighted by atomic mass is 79.9. The monoisotopic (exact) mass is 351 g/mol. The van der Waals surface area contributed by atoms with Crippen LogP contribution >= 0.6 is 15.9 Å². The number of hydrogen-bond acceptors (Lipinski definition) is 4. The zero-order valence-electron chi connectivity index (χ0n) is 10.5. The van der Waals surface area contributed by atoms with E-state index in [1.165, 1.54) is 6.07 Å². The second kappa shape index (κ2) is 5.21. The average Bonchev–Trinajstić information content (AvgIpc) is 2.91. The van der Waals surface area contributed by atoms with Gasteiger partial charge >= 0.3 is 0 Å². The fourth-order valence-corrected chi connectivity index (χ4v) is 2.14. The molecule has 0 saturated heterocycles. The van der Waals surface area contributed by atoms with Crippen molar-refractivity contribution < 1.29 is 8.78 Å². The van der Waals surface area contributed by atoms with Crippen molar-refractivity contribution >= 4 is 21.6 Å². The molecular formula is C13H8BrF2N5. The number of halogens is 3. The van der Waals surface area contributed by atoms with Crippen LogP contribution in [0.4, 0.5) is 14.5 Å². The van der Waals surface area contributed by atoms with Crippen molar-refractivity contribution in [1.82, 2.24) is 20.2 Å². The number of hydrogen-bond donors (Lipinski definition) is 1. The number of nitrogens with two attached hydrogens (primary N) is 1. The lowest BCUT2D eigenvalue weighted by Gasteiger charge is -2.07. The molecule has 3 aromatic rings. The summed E-state index contributed by atoms with van der Waals surface area (Å²) in [6, 6.07) is 8.57. The van der Waals surface area contributed by atoms with Gasteiger partial charge in [0.15, 0.2) is 17.5 Å². The number of anilines is 1. The maximum Gasteiger partial charge on any atom is 0.187 e. The molecular weight excluding hydrogens is 344 g/mol. The Labute approximate surface area is 126 Å². The topological polar surface area (TPSA) is 69.6 Å². The summed E-state index contributed by atoms with van der Waals surface area (Å²) in [4.78, 5) is 0. The average molecular weight is 352 g/mol. The van der Waals surface area contributed by atoms with Gasteiger partial charge in [0.2, 0.25) is 0 Å². The van der Waals surface area contributed by atoms with Gasteiger partial charge in [-0.05, 0) is 56.7 Å². The van der Waals surface area contributed by atoms with E-state index < -0.39 is 11.6 Å². The maximum atomic E-state index is 13.9. The van der Waals surface area contributed by atoms with Crippen molar-refractivity contribution in [3.63, 3.8) is 0 Å². The zero-order chi connectivity index (χ0) is 15.0. The van der Waals surface area contributed by atoms with Crippen LogP contribution in [-0.2, 0) is 0 Å². The fraction of sp³-hybridized carbons (Fsp3) is 0. The van der Waals surface area contributed by atoms with Crippen LogP contribution in [-0.4, -0.2) is 20.2 Å². The number of benzene rings is 2. The molecule has 0 radical (unpaired) electrons. The molecule has 0 aliphatic heterocycles. The smallest absolute Gasteiger partial charge is 0.187 e. The highest BCUT2D eigenvalue weighted by molar-refractivity contribution is 9.10. The van der Waals surface area contributed by atoms with E-state index in [1.54, 1.807) is 18.2 Å². The summed E-state index contributed by atoms with van der Waals surface area (Å²) in [6.07, 6.45) is 0. The van der Waals surface area contributed by atoms with Gasteiger partial charge in [-0.2, -0.15) is 4.68 Å². The van der Waals surface area contributed by atoms with E-state index in [-0.39, 0.29) is 11.5 Å². The van der Waals surface area contributed by atoms with Gasteiger partial charge in [-0.15, -0.1) is 5.10 Å². The van der Waals surface area contributed by atoms with Crippen LogP contribution in [0.1, 0.15) is 0 Å². The summed E-state index contributed by atoms with van der Waals surface area (Å²) in [5.41, 5.74) is 6.48. The molecule has 0 bridgehead atoms. The van der Waals surface area contributed by atoms with Crippen LogP contribution < -0.4 is 5.73 Å². The van der Waals surface area contributed by atoms with Crippen LogP contribution in [0, 0.1) is 11.6 Å². The van der Waals surface area contributed by atoms with Gasteiger partial charge in [0, 0.05) is 15.7 Å². The van der Waals surface area contributed by atoms with Crippen LogP contribution in [0.5, 0.6) is 0 Å². The standard InChI is InChI=1S/C13H8BrF2N5/c14-8-5-4-7(6-11(8)17)13-18-19-20-21(13)12-9(15)2-1-3-10(12)16/h1-6H,17H2. The summed E-state index contributed by atoms with van der Waals surface area (Å²) in [6.45, 7) is 0. The quantitative estimate of drug-likeness (QED) is 0.720. The molecule has 1 heterocycles. The molecule has 1 aromatic heterocycles. The molecule has 5 nitrogen and oxygen atoms in total. The molecule has 2 N–H and O–H groups in total. The maximum absolute atomic E-state index is 13.9. The van der Waals surface area contributed by atoms with Crippen LogP contribution in [0.25, 0.3) is 17.1 Å². The third-order valence-corrected chi connectivity index (χ3v) is 3.60. The second-order valence-corrected chi connectivity index (χ2v) is 5.08. The molecule has 0 aliphatic carbocycles. The predicted octanol–water partition coefficient (Wildman–Crippen LogP) is 2.95. The molecule has 0 spiro atoms. The zero-order valence-corrected chi connectivity index (χ0v) is 12.1. The second-order valence-electron chi connectivity index (χ2n) is 4.22. The molecule has 21 heavy (non-hydrogen) atoms. The lowest BCUT2D eigenvalue weighted by molar-refractivity contribution is 0.557. The van der Waals surface area contributed by atoms with Crippen molar-refractivity contribution in [2.45, 2.75) is 0 Å². The Kier molecular flexibility index (Phi) is 3.38. The molecule has 0 amide bonds. The van der Waals surface area contributed by atoms with Crippen molar-refractivity contribution in [2.75, 3.05) is 5.73 Å².